The molecule has 0 fully saturated rings. The Balaban J connectivity index is 2.80. The monoisotopic (exact) mass is 296 g/mol. The zero-order chi connectivity index (χ0) is 14.9. The van der Waals surface area contributed by atoms with Crippen LogP contribution in [0.5, 0.6) is 11.5 Å². The maximum Gasteiger partial charge on any atom is 0.308 e. The van der Waals surface area contributed by atoms with Gasteiger partial charge in [0.15, 0.2) is 11.9 Å². The molecule has 1 heterocycles. The van der Waals surface area contributed by atoms with E-state index in [1.165, 1.54) is 13.0 Å². The molecule has 1 aliphatic heterocycles. The number of hydrogen-bond acceptors (Lipinski definition) is 5. The summed E-state index contributed by atoms with van der Waals surface area (Å²) in [4.78, 5) is 22.1. The fourth-order valence-electron chi connectivity index (χ4n) is 2.04. The van der Waals surface area contributed by atoms with Crippen molar-refractivity contribution >= 4 is 29.3 Å². The third kappa shape index (κ3) is 2.38. The SMILES string of the molecule is CCOC1=c2c(cc(=C=O)c(OC(C)=O)c2Cl)OC1C. The van der Waals surface area contributed by atoms with Crippen molar-refractivity contribution in [2.24, 2.45) is 0 Å². The molecular weight excluding hydrogens is 284 g/mol. The highest BCUT2D eigenvalue weighted by molar-refractivity contribution is 6.32. The molecule has 0 saturated heterocycles. The summed E-state index contributed by atoms with van der Waals surface area (Å²) in [5.41, 5.74) is 0. The summed E-state index contributed by atoms with van der Waals surface area (Å²) in [6.45, 7) is 5.32. The van der Waals surface area contributed by atoms with E-state index in [2.05, 4.69) is 0 Å². The summed E-state index contributed by atoms with van der Waals surface area (Å²) >= 11 is 6.24. The lowest BCUT2D eigenvalue weighted by atomic mass is 10.2. The van der Waals surface area contributed by atoms with Crippen LogP contribution in [0.25, 0.3) is 5.76 Å². The predicted octanol–water partition coefficient (Wildman–Crippen LogP) is 0.694. The summed E-state index contributed by atoms with van der Waals surface area (Å²) in [5, 5.41) is 0.661. The van der Waals surface area contributed by atoms with Gasteiger partial charge in [0, 0.05) is 13.0 Å². The maximum atomic E-state index is 11.1. The zero-order valence-electron chi connectivity index (χ0n) is 11.3. The first-order valence-electron chi connectivity index (χ1n) is 6.09. The van der Waals surface area contributed by atoms with Crippen molar-refractivity contribution in [1.29, 1.82) is 0 Å². The second-order valence-corrected chi connectivity index (χ2v) is 4.57. The van der Waals surface area contributed by atoms with Gasteiger partial charge in [0.25, 0.3) is 0 Å². The number of carbonyl (C=O) groups is 1. The largest absolute Gasteiger partial charge is 0.493 e. The smallest absolute Gasteiger partial charge is 0.308 e. The number of esters is 1. The van der Waals surface area contributed by atoms with E-state index in [4.69, 9.17) is 25.8 Å². The van der Waals surface area contributed by atoms with Crippen LogP contribution in [0.3, 0.4) is 0 Å². The molecule has 0 N–H and O–H groups in total. The van der Waals surface area contributed by atoms with Gasteiger partial charge >= 0.3 is 5.97 Å². The van der Waals surface area contributed by atoms with Crippen molar-refractivity contribution in [3.8, 4) is 11.5 Å². The summed E-state index contributed by atoms with van der Waals surface area (Å²) in [7, 11) is 0. The third-order valence-electron chi connectivity index (χ3n) is 2.76. The highest BCUT2D eigenvalue weighted by Crippen LogP contribution is 2.27. The van der Waals surface area contributed by atoms with E-state index < -0.39 is 5.97 Å². The molecule has 1 aromatic rings. The lowest BCUT2D eigenvalue weighted by Gasteiger charge is -2.09. The summed E-state index contributed by atoms with van der Waals surface area (Å²) < 4.78 is 16.1. The van der Waals surface area contributed by atoms with Crippen molar-refractivity contribution in [3.63, 3.8) is 0 Å². The molecule has 0 radical (unpaired) electrons. The normalized spacial score (nSPS) is 16.2. The Hall–Kier alpha value is -1.97. The van der Waals surface area contributed by atoms with Gasteiger partial charge in [-0.2, -0.15) is 0 Å². The second kappa shape index (κ2) is 5.57. The predicted molar refractivity (Wildman–Crippen MR) is 71.9 cm³/mol. The van der Waals surface area contributed by atoms with Crippen LogP contribution in [0.15, 0.2) is 6.07 Å². The van der Waals surface area contributed by atoms with Gasteiger partial charge in [-0.3, -0.25) is 4.79 Å². The van der Waals surface area contributed by atoms with Crippen molar-refractivity contribution < 1.29 is 23.8 Å². The molecule has 0 amide bonds. The van der Waals surface area contributed by atoms with Gasteiger partial charge in [0.05, 0.1) is 16.8 Å². The van der Waals surface area contributed by atoms with Crippen LogP contribution >= 0.6 is 11.6 Å². The average Bonchev–Trinajstić information content (AvgIpc) is 2.69. The number of fused-ring (bicyclic) bond motifs is 1. The molecule has 106 valence electrons. The van der Waals surface area contributed by atoms with Gasteiger partial charge in [0.1, 0.15) is 22.7 Å². The molecule has 20 heavy (non-hydrogen) atoms. The minimum atomic E-state index is -0.576. The number of carbonyl (C=O) groups excluding carboxylic acids is 2. The van der Waals surface area contributed by atoms with E-state index in [1.807, 2.05) is 6.92 Å². The molecule has 5 nitrogen and oxygen atoms in total. The molecule has 1 unspecified atom stereocenters. The Bertz CT molecular complexity index is 703. The van der Waals surface area contributed by atoms with E-state index in [-0.39, 0.29) is 22.1 Å². The van der Waals surface area contributed by atoms with Crippen LogP contribution in [-0.2, 0) is 14.3 Å². The quantitative estimate of drug-likeness (QED) is 0.607. The molecule has 0 aliphatic carbocycles. The van der Waals surface area contributed by atoms with E-state index in [1.54, 1.807) is 12.9 Å². The first-order valence-corrected chi connectivity index (χ1v) is 6.47. The van der Waals surface area contributed by atoms with Crippen molar-refractivity contribution in [2.45, 2.75) is 26.9 Å². The Morgan fingerprint density at radius 1 is 1.55 bits per heavy atom. The van der Waals surface area contributed by atoms with E-state index in [0.29, 0.717) is 23.3 Å². The summed E-state index contributed by atoms with van der Waals surface area (Å²) in [6, 6.07) is 1.44. The van der Waals surface area contributed by atoms with Gasteiger partial charge in [-0.25, -0.2) is 4.79 Å². The average molecular weight is 297 g/mol. The molecule has 6 heteroatoms. The zero-order valence-corrected chi connectivity index (χ0v) is 12.0. The number of rotatable bonds is 3. The van der Waals surface area contributed by atoms with Gasteiger partial charge in [-0.1, -0.05) is 11.6 Å². The minimum absolute atomic E-state index is 0.0252. The molecule has 0 bridgehead atoms. The standard InChI is InChI=1S/C14H13ClO5/c1-4-18-13-7(2)19-10-5-9(6-16)14(20-8(3)17)12(15)11(10)13/h5,7H,4H2,1-3H3. The highest BCUT2D eigenvalue weighted by Gasteiger charge is 2.27. The van der Waals surface area contributed by atoms with Gasteiger partial charge in [0.2, 0.25) is 0 Å². The van der Waals surface area contributed by atoms with Crippen molar-refractivity contribution in [1.82, 2.24) is 0 Å². The van der Waals surface area contributed by atoms with Crippen molar-refractivity contribution in [3.05, 3.63) is 21.5 Å². The lowest BCUT2D eigenvalue weighted by molar-refractivity contribution is -0.131. The molecule has 1 aromatic carbocycles. The molecule has 1 atom stereocenters. The number of halogens is 1. The van der Waals surface area contributed by atoms with Gasteiger partial charge in [-0.05, 0) is 13.8 Å². The first kappa shape index (κ1) is 14.4. The van der Waals surface area contributed by atoms with Gasteiger partial charge < -0.3 is 14.2 Å². The fourth-order valence-corrected chi connectivity index (χ4v) is 2.37. The number of benzene rings is 1. The van der Waals surface area contributed by atoms with Crippen LogP contribution in [0.4, 0.5) is 0 Å². The van der Waals surface area contributed by atoms with Crippen LogP contribution in [0.1, 0.15) is 20.8 Å². The van der Waals surface area contributed by atoms with Crippen LogP contribution in [-0.4, -0.2) is 24.6 Å². The Kier molecular flexibility index (Phi) is 4.02. The Morgan fingerprint density at radius 2 is 2.25 bits per heavy atom. The Morgan fingerprint density at radius 3 is 2.80 bits per heavy atom. The molecular formula is C14H13ClO5. The van der Waals surface area contributed by atoms with E-state index in [0.717, 1.165) is 0 Å². The second-order valence-electron chi connectivity index (χ2n) is 4.19. The Labute approximate surface area is 120 Å². The topological polar surface area (TPSA) is 61.8 Å². The van der Waals surface area contributed by atoms with Gasteiger partial charge in [-0.15, -0.1) is 0 Å². The molecule has 2 rings (SSSR count). The molecule has 0 saturated carbocycles. The van der Waals surface area contributed by atoms with Crippen LogP contribution in [0.2, 0.25) is 5.02 Å². The summed E-state index contributed by atoms with van der Waals surface area (Å²) in [5.74, 6) is 2.06. The molecule has 0 spiro atoms. The van der Waals surface area contributed by atoms with Crippen molar-refractivity contribution in [2.75, 3.05) is 6.61 Å². The molecule has 0 aromatic heterocycles. The number of ether oxygens (including phenoxy) is 3. The fraction of sp³-hybridized carbons (Fsp3) is 0.357. The van der Waals surface area contributed by atoms with Crippen LogP contribution < -0.4 is 19.9 Å². The highest BCUT2D eigenvalue weighted by atomic mass is 35.5. The molecule has 1 aliphatic rings. The van der Waals surface area contributed by atoms with E-state index >= 15 is 0 Å². The summed E-state index contributed by atoms with van der Waals surface area (Å²) in [6.07, 6.45) is -0.325. The number of hydrogen-bond donors (Lipinski definition) is 0. The maximum absolute atomic E-state index is 11.1. The van der Waals surface area contributed by atoms with Crippen LogP contribution in [0, 0.1) is 0 Å². The first-order chi connectivity index (χ1) is 9.49. The lowest BCUT2D eigenvalue weighted by Crippen LogP contribution is -2.20. The minimum Gasteiger partial charge on any atom is -0.493 e. The van der Waals surface area contributed by atoms with E-state index in [9.17, 15) is 9.59 Å². The third-order valence-corrected chi connectivity index (χ3v) is 3.12.